The molecule has 23 heavy (non-hydrogen) atoms. The average molecular weight is 313 g/mol. The molecule has 1 amide bonds. The van der Waals surface area contributed by atoms with Crippen molar-refractivity contribution in [2.75, 3.05) is 32.2 Å². The lowest BCUT2D eigenvalue weighted by atomic mass is 10.2. The van der Waals surface area contributed by atoms with Crippen molar-refractivity contribution in [1.29, 1.82) is 0 Å². The van der Waals surface area contributed by atoms with E-state index in [2.05, 4.69) is 10.3 Å². The van der Waals surface area contributed by atoms with Gasteiger partial charge in [-0.3, -0.25) is 14.7 Å². The van der Waals surface area contributed by atoms with Crippen LogP contribution in [0.2, 0.25) is 0 Å². The average Bonchev–Trinajstić information content (AvgIpc) is 3.01. The van der Waals surface area contributed by atoms with Gasteiger partial charge in [-0.1, -0.05) is 6.07 Å². The second-order valence-electron chi connectivity index (χ2n) is 5.43. The van der Waals surface area contributed by atoms with E-state index < -0.39 is 0 Å². The monoisotopic (exact) mass is 313 g/mol. The van der Waals surface area contributed by atoms with Crippen LogP contribution in [0.25, 0.3) is 0 Å². The molecule has 2 heterocycles. The van der Waals surface area contributed by atoms with Crippen LogP contribution in [0.3, 0.4) is 0 Å². The number of aromatic nitrogens is 1. The van der Waals surface area contributed by atoms with Crippen LogP contribution < -0.4 is 14.8 Å². The second kappa shape index (κ2) is 7.11. The van der Waals surface area contributed by atoms with E-state index in [-0.39, 0.29) is 12.7 Å². The lowest BCUT2D eigenvalue weighted by Crippen LogP contribution is -2.31. The number of benzene rings is 1. The van der Waals surface area contributed by atoms with Crippen LogP contribution in [0, 0.1) is 0 Å². The van der Waals surface area contributed by atoms with Gasteiger partial charge in [0.1, 0.15) is 0 Å². The molecule has 0 saturated carbocycles. The number of pyridine rings is 1. The summed E-state index contributed by atoms with van der Waals surface area (Å²) in [6, 6.07) is 11.2. The molecular formula is C17H19N3O3. The number of rotatable bonds is 6. The fourth-order valence-electron chi connectivity index (χ4n) is 2.35. The van der Waals surface area contributed by atoms with Crippen LogP contribution in [0.1, 0.15) is 5.69 Å². The molecule has 1 N–H and O–H groups in total. The van der Waals surface area contributed by atoms with E-state index in [0.717, 1.165) is 18.7 Å². The fraction of sp³-hybridized carbons (Fsp3) is 0.294. The Bertz CT molecular complexity index is 676. The third kappa shape index (κ3) is 4.20. The predicted molar refractivity (Wildman–Crippen MR) is 86.6 cm³/mol. The summed E-state index contributed by atoms with van der Waals surface area (Å²) in [5, 5.41) is 2.87. The first-order valence-electron chi connectivity index (χ1n) is 7.49. The summed E-state index contributed by atoms with van der Waals surface area (Å²) in [5.74, 6) is 1.30. The topological polar surface area (TPSA) is 63.7 Å². The normalized spacial score (nSPS) is 12.4. The van der Waals surface area contributed by atoms with Gasteiger partial charge in [0.2, 0.25) is 12.7 Å². The molecule has 0 bridgehead atoms. The van der Waals surface area contributed by atoms with Gasteiger partial charge in [0.25, 0.3) is 0 Å². The summed E-state index contributed by atoms with van der Waals surface area (Å²) in [5.41, 5.74) is 1.73. The molecule has 1 aromatic carbocycles. The Morgan fingerprint density at radius 2 is 2.13 bits per heavy atom. The van der Waals surface area contributed by atoms with Crippen molar-refractivity contribution >= 4 is 11.6 Å². The Morgan fingerprint density at radius 3 is 2.96 bits per heavy atom. The van der Waals surface area contributed by atoms with Crippen molar-refractivity contribution in [1.82, 2.24) is 9.88 Å². The minimum atomic E-state index is -0.0626. The number of carbonyl (C=O) groups excluding carboxylic acids is 1. The number of amides is 1. The molecule has 120 valence electrons. The number of fused-ring (bicyclic) bond motifs is 1. The third-order valence-electron chi connectivity index (χ3n) is 3.55. The zero-order chi connectivity index (χ0) is 16.1. The first-order valence-corrected chi connectivity index (χ1v) is 7.49. The summed E-state index contributed by atoms with van der Waals surface area (Å²) in [6.07, 6.45) is 2.59. The van der Waals surface area contributed by atoms with Crippen LogP contribution >= 0.6 is 0 Å². The van der Waals surface area contributed by atoms with E-state index in [1.807, 2.05) is 30.1 Å². The van der Waals surface area contributed by atoms with Crippen LogP contribution in [-0.4, -0.2) is 42.7 Å². The molecule has 0 atom stereocenters. The van der Waals surface area contributed by atoms with Gasteiger partial charge >= 0.3 is 0 Å². The predicted octanol–water partition coefficient (Wildman–Crippen LogP) is 1.92. The van der Waals surface area contributed by atoms with E-state index in [9.17, 15) is 4.79 Å². The lowest BCUT2D eigenvalue weighted by molar-refractivity contribution is -0.117. The van der Waals surface area contributed by atoms with Gasteiger partial charge in [0, 0.05) is 36.6 Å². The Hall–Kier alpha value is -2.60. The number of carbonyl (C=O) groups is 1. The molecule has 3 rings (SSSR count). The van der Waals surface area contributed by atoms with Crippen molar-refractivity contribution < 1.29 is 14.3 Å². The van der Waals surface area contributed by atoms with Gasteiger partial charge in [-0.05, 0) is 31.3 Å². The molecule has 2 aromatic rings. The zero-order valence-corrected chi connectivity index (χ0v) is 13.0. The Morgan fingerprint density at radius 1 is 1.26 bits per heavy atom. The smallest absolute Gasteiger partial charge is 0.238 e. The molecule has 1 aliphatic rings. The molecule has 1 aromatic heterocycles. The van der Waals surface area contributed by atoms with Crippen molar-refractivity contribution in [2.24, 2.45) is 0 Å². The van der Waals surface area contributed by atoms with Crippen molar-refractivity contribution in [2.45, 2.75) is 6.42 Å². The molecule has 0 unspecified atom stereocenters. The van der Waals surface area contributed by atoms with Gasteiger partial charge in [-0.2, -0.15) is 0 Å². The van der Waals surface area contributed by atoms with E-state index in [0.29, 0.717) is 23.7 Å². The van der Waals surface area contributed by atoms with Gasteiger partial charge in [0.05, 0.1) is 6.54 Å². The SMILES string of the molecule is CN(CCc1ccccn1)CC(=O)Nc1ccc2c(c1)OCO2. The molecule has 1 aliphatic heterocycles. The van der Waals surface area contributed by atoms with Crippen molar-refractivity contribution in [3.8, 4) is 11.5 Å². The summed E-state index contributed by atoms with van der Waals surface area (Å²) >= 11 is 0. The van der Waals surface area contributed by atoms with Crippen LogP contribution in [0.5, 0.6) is 11.5 Å². The molecule has 0 spiro atoms. The van der Waals surface area contributed by atoms with Crippen molar-refractivity contribution in [3.05, 3.63) is 48.3 Å². The molecule has 0 aliphatic carbocycles. The van der Waals surface area contributed by atoms with Crippen molar-refractivity contribution in [3.63, 3.8) is 0 Å². The number of nitrogens with one attached hydrogen (secondary N) is 1. The summed E-state index contributed by atoms with van der Waals surface area (Å²) < 4.78 is 10.5. The van der Waals surface area contributed by atoms with Crippen LogP contribution in [0.4, 0.5) is 5.69 Å². The zero-order valence-electron chi connectivity index (χ0n) is 13.0. The highest BCUT2D eigenvalue weighted by atomic mass is 16.7. The first-order chi connectivity index (χ1) is 11.2. The second-order valence-corrected chi connectivity index (χ2v) is 5.43. The lowest BCUT2D eigenvalue weighted by Gasteiger charge is -2.16. The molecule has 0 saturated heterocycles. The van der Waals surface area contributed by atoms with E-state index in [1.165, 1.54) is 0 Å². The highest BCUT2D eigenvalue weighted by Crippen LogP contribution is 2.34. The van der Waals surface area contributed by atoms with Gasteiger partial charge in [-0.25, -0.2) is 0 Å². The first kappa shape index (κ1) is 15.3. The number of likely N-dealkylation sites (N-methyl/N-ethyl adjacent to an activating group) is 1. The Kier molecular flexibility index (Phi) is 4.73. The summed E-state index contributed by atoms with van der Waals surface area (Å²) in [6.45, 7) is 1.32. The number of hydrogen-bond acceptors (Lipinski definition) is 5. The quantitative estimate of drug-likeness (QED) is 0.883. The Balaban J connectivity index is 1.47. The maximum absolute atomic E-state index is 12.1. The third-order valence-corrected chi connectivity index (χ3v) is 3.55. The van der Waals surface area contributed by atoms with E-state index in [1.54, 1.807) is 24.4 Å². The standard InChI is InChI=1S/C17H19N3O3/c1-20(9-7-13-4-2-3-8-18-13)11-17(21)19-14-5-6-15-16(10-14)23-12-22-15/h2-6,8,10H,7,9,11-12H2,1H3,(H,19,21). The fourth-order valence-corrected chi connectivity index (χ4v) is 2.35. The van der Waals surface area contributed by atoms with Gasteiger partial charge in [0.15, 0.2) is 11.5 Å². The molecule has 6 nitrogen and oxygen atoms in total. The maximum atomic E-state index is 12.1. The number of ether oxygens (including phenoxy) is 2. The maximum Gasteiger partial charge on any atom is 0.238 e. The molecule has 6 heteroatoms. The minimum absolute atomic E-state index is 0.0626. The van der Waals surface area contributed by atoms with Crippen LogP contribution in [0.15, 0.2) is 42.6 Å². The minimum Gasteiger partial charge on any atom is -0.454 e. The van der Waals surface area contributed by atoms with Gasteiger partial charge in [-0.15, -0.1) is 0 Å². The number of hydrogen-bond donors (Lipinski definition) is 1. The van der Waals surface area contributed by atoms with E-state index in [4.69, 9.17) is 9.47 Å². The molecule has 0 radical (unpaired) electrons. The number of nitrogens with zero attached hydrogens (tertiary/aromatic N) is 2. The van der Waals surface area contributed by atoms with Crippen LogP contribution in [-0.2, 0) is 11.2 Å². The van der Waals surface area contributed by atoms with Gasteiger partial charge < -0.3 is 14.8 Å². The van der Waals surface area contributed by atoms with E-state index >= 15 is 0 Å². The highest BCUT2D eigenvalue weighted by Gasteiger charge is 2.14. The Labute approximate surface area is 135 Å². The highest BCUT2D eigenvalue weighted by molar-refractivity contribution is 5.92. The molecular weight excluding hydrogens is 294 g/mol. The largest absolute Gasteiger partial charge is 0.454 e. The summed E-state index contributed by atoms with van der Waals surface area (Å²) in [7, 11) is 1.92. The summed E-state index contributed by atoms with van der Waals surface area (Å²) in [4.78, 5) is 18.3. The number of anilines is 1. The molecule has 0 fully saturated rings.